The zero-order valence-electron chi connectivity index (χ0n) is 13.7. The maximum absolute atomic E-state index is 9.09. The van der Waals surface area contributed by atoms with E-state index >= 15 is 0 Å². The first-order valence-electron chi connectivity index (χ1n) is 7.52. The maximum atomic E-state index is 9.09. The van der Waals surface area contributed by atoms with E-state index in [2.05, 4.69) is 25.3 Å². The Labute approximate surface area is 138 Å². The minimum absolute atomic E-state index is 0.0444. The molecule has 1 aromatic rings. The van der Waals surface area contributed by atoms with Crippen LogP contribution in [0.5, 0.6) is 0 Å². The van der Waals surface area contributed by atoms with Crippen LogP contribution in [0.2, 0.25) is 0 Å². The van der Waals surface area contributed by atoms with Crippen LogP contribution in [0.3, 0.4) is 0 Å². The van der Waals surface area contributed by atoms with Crippen molar-refractivity contribution in [1.82, 2.24) is 0 Å². The van der Waals surface area contributed by atoms with Crippen LogP contribution in [-0.4, -0.2) is 17.6 Å². The van der Waals surface area contributed by atoms with E-state index in [1.807, 2.05) is 26.0 Å². The molecule has 3 heteroatoms. The highest BCUT2D eigenvalue weighted by atomic mass is 35.5. The smallest absolute Gasteiger partial charge is 0.127 e. The first-order chi connectivity index (χ1) is 10.5. The predicted molar refractivity (Wildman–Crippen MR) is 93.9 cm³/mol. The molecule has 0 aliphatic carbocycles. The van der Waals surface area contributed by atoms with Gasteiger partial charge in [0.2, 0.25) is 0 Å². The number of aliphatic hydroxyl groups excluding tert-OH is 1. The molecule has 1 heterocycles. The summed E-state index contributed by atoms with van der Waals surface area (Å²) in [5.41, 5.74) is 3.16. The Hall–Kier alpha value is -1.43. The number of halogens is 1. The van der Waals surface area contributed by atoms with Gasteiger partial charge in [-0.3, -0.25) is 0 Å². The number of hydrogen-bond acceptors (Lipinski definition) is 2. The number of hydrogen-bond donors (Lipinski definition) is 1. The van der Waals surface area contributed by atoms with Crippen LogP contribution in [0.15, 0.2) is 28.2 Å². The molecule has 1 rings (SSSR count). The lowest BCUT2D eigenvalue weighted by Crippen LogP contribution is -2.05. The fourth-order valence-electron chi connectivity index (χ4n) is 2.24. The minimum atomic E-state index is 0.0444. The molecule has 120 valence electrons. The predicted octanol–water partition coefficient (Wildman–Crippen LogP) is 4.74. The summed E-state index contributed by atoms with van der Waals surface area (Å²) in [5.74, 6) is 8.46. The van der Waals surface area contributed by atoms with Crippen LogP contribution < -0.4 is 0 Å². The Kier molecular flexibility index (Phi) is 8.09. The SMILES string of the molecule is C=C(C)C(CCC#CCCl)Cc1oc(/C=C(/C)CO)cc1C. The first-order valence-corrected chi connectivity index (χ1v) is 8.05. The second-order valence-electron chi connectivity index (χ2n) is 5.68. The molecule has 1 N–H and O–H groups in total. The summed E-state index contributed by atoms with van der Waals surface area (Å²) in [7, 11) is 0. The van der Waals surface area contributed by atoms with E-state index in [0.29, 0.717) is 11.8 Å². The number of aryl methyl sites for hydroxylation is 1. The normalized spacial score (nSPS) is 12.7. The molecule has 2 nitrogen and oxygen atoms in total. The molecule has 1 unspecified atom stereocenters. The van der Waals surface area contributed by atoms with Gasteiger partial charge < -0.3 is 9.52 Å². The summed E-state index contributed by atoms with van der Waals surface area (Å²) in [5, 5.41) is 9.09. The number of allylic oxidation sites excluding steroid dienone is 1. The van der Waals surface area contributed by atoms with Crippen LogP contribution in [0.1, 0.15) is 43.8 Å². The van der Waals surface area contributed by atoms with Crippen molar-refractivity contribution in [3.8, 4) is 11.8 Å². The molecule has 0 spiro atoms. The lowest BCUT2D eigenvalue weighted by molar-refractivity contribution is 0.332. The van der Waals surface area contributed by atoms with Crippen molar-refractivity contribution in [2.24, 2.45) is 5.92 Å². The topological polar surface area (TPSA) is 33.4 Å². The van der Waals surface area contributed by atoms with Crippen molar-refractivity contribution in [1.29, 1.82) is 0 Å². The number of aliphatic hydroxyl groups is 1. The van der Waals surface area contributed by atoms with Gasteiger partial charge in [0.25, 0.3) is 0 Å². The molecule has 22 heavy (non-hydrogen) atoms. The van der Waals surface area contributed by atoms with Gasteiger partial charge in [0.1, 0.15) is 11.5 Å². The van der Waals surface area contributed by atoms with E-state index in [4.69, 9.17) is 21.1 Å². The van der Waals surface area contributed by atoms with Crippen molar-refractivity contribution in [3.63, 3.8) is 0 Å². The third-order valence-corrected chi connectivity index (χ3v) is 3.75. The first kappa shape index (κ1) is 18.6. The molecule has 0 aliphatic heterocycles. The van der Waals surface area contributed by atoms with Crippen molar-refractivity contribution < 1.29 is 9.52 Å². The fourth-order valence-corrected chi connectivity index (χ4v) is 2.33. The highest BCUT2D eigenvalue weighted by molar-refractivity contribution is 6.19. The Balaban J connectivity index is 2.79. The van der Waals surface area contributed by atoms with Gasteiger partial charge in [-0.2, -0.15) is 0 Å². The molecule has 0 fully saturated rings. The van der Waals surface area contributed by atoms with Gasteiger partial charge in [-0.25, -0.2) is 0 Å². The van der Waals surface area contributed by atoms with Crippen LogP contribution in [0, 0.1) is 24.7 Å². The molecule has 0 aromatic carbocycles. The number of furan rings is 1. The van der Waals surface area contributed by atoms with Gasteiger partial charge in [0, 0.05) is 12.8 Å². The van der Waals surface area contributed by atoms with Crippen LogP contribution in [-0.2, 0) is 6.42 Å². The van der Waals surface area contributed by atoms with E-state index < -0.39 is 0 Å². The summed E-state index contributed by atoms with van der Waals surface area (Å²) in [6.45, 7) is 10.1. The molecular weight excluding hydrogens is 296 g/mol. The summed E-state index contributed by atoms with van der Waals surface area (Å²) < 4.78 is 5.91. The van der Waals surface area contributed by atoms with Crippen LogP contribution >= 0.6 is 11.6 Å². The highest BCUT2D eigenvalue weighted by Gasteiger charge is 2.15. The van der Waals surface area contributed by atoms with Crippen molar-refractivity contribution in [3.05, 3.63) is 40.9 Å². The number of alkyl halides is 1. The third-order valence-electron chi connectivity index (χ3n) is 3.62. The second-order valence-corrected chi connectivity index (χ2v) is 5.94. The third kappa shape index (κ3) is 6.13. The lowest BCUT2D eigenvalue weighted by Gasteiger charge is -2.14. The van der Waals surface area contributed by atoms with Gasteiger partial charge in [-0.15, -0.1) is 17.5 Å². The molecule has 0 radical (unpaired) electrons. The summed E-state index contributed by atoms with van der Waals surface area (Å²) >= 11 is 5.56. The average Bonchev–Trinajstić information content (AvgIpc) is 2.81. The largest absolute Gasteiger partial charge is 0.461 e. The molecule has 1 atom stereocenters. The maximum Gasteiger partial charge on any atom is 0.127 e. The molecule has 0 saturated carbocycles. The molecule has 1 aromatic heterocycles. The van der Waals surface area contributed by atoms with Gasteiger partial charge in [0.15, 0.2) is 0 Å². The van der Waals surface area contributed by atoms with Crippen LogP contribution in [0.4, 0.5) is 0 Å². The quantitative estimate of drug-likeness (QED) is 0.447. The van der Waals surface area contributed by atoms with E-state index in [1.54, 1.807) is 0 Å². The van der Waals surface area contributed by atoms with Crippen molar-refractivity contribution in [2.45, 2.75) is 40.0 Å². The zero-order valence-corrected chi connectivity index (χ0v) is 14.5. The molecule has 0 aliphatic rings. The van der Waals surface area contributed by atoms with Crippen molar-refractivity contribution in [2.75, 3.05) is 12.5 Å². The Morgan fingerprint density at radius 3 is 2.77 bits per heavy atom. The minimum Gasteiger partial charge on any atom is -0.461 e. The Morgan fingerprint density at radius 1 is 1.45 bits per heavy atom. The van der Waals surface area contributed by atoms with E-state index in [9.17, 15) is 0 Å². The molecule has 0 bridgehead atoms. The number of rotatable bonds is 7. The molecular formula is C19H25ClO2. The average molecular weight is 321 g/mol. The molecule has 0 saturated heterocycles. The monoisotopic (exact) mass is 320 g/mol. The van der Waals surface area contributed by atoms with Gasteiger partial charge in [-0.05, 0) is 56.4 Å². The van der Waals surface area contributed by atoms with Crippen LogP contribution in [0.25, 0.3) is 6.08 Å². The standard InChI is InChI=1S/C19H25ClO2/c1-14(2)17(8-6-5-7-9-20)12-19-16(4)11-18(22-19)10-15(3)13-21/h10-11,17,21H,1,6,8-9,12-13H2,2-4H3/b15-10-. The lowest BCUT2D eigenvalue weighted by atomic mass is 9.91. The second kappa shape index (κ2) is 9.56. The van der Waals surface area contributed by atoms with E-state index in [0.717, 1.165) is 47.5 Å². The van der Waals surface area contributed by atoms with Gasteiger partial charge in [-0.1, -0.05) is 18.1 Å². The summed E-state index contributed by atoms with van der Waals surface area (Å²) in [6, 6.07) is 2.01. The summed E-state index contributed by atoms with van der Waals surface area (Å²) in [4.78, 5) is 0. The molecule has 0 amide bonds. The van der Waals surface area contributed by atoms with Gasteiger partial charge in [0.05, 0.1) is 12.5 Å². The highest BCUT2D eigenvalue weighted by Crippen LogP contribution is 2.25. The Morgan fingerprint density at radius 2 is 2.18 bits per heavy atom. The zero-order chi connectivity index (χ0) is 16.5. The van der Waals surface area contributed by atoms with E-state index in [-0.39, 0.29) is 6.61 Å². The Bertz CT molecular complexity index is 584. The summed E-state index contributed by atoms with van der Waals surface area (Å²) in [6.07, 6.45) is 4.48. The van der Waals surface area contributed by atoms with Gasteiger partial charge >= 0.3 is 0 Å². The van der Waals surface area contributed by atoms with E-state index in [1.165, 1.54) is 0 Å². The van der Waals surface area contributed by atoms with Crippen molar-refractivity contribution >= 4 is 17.7 Å². The fraction of sp³-hybridized carbons (Fsp3) is 0.474.